The standard InChI is InChI=1S/C19H18N2O4/c1-21(10-12-2-3-15-11-24-25-17(15)8-12)19(23)14-4-6-16-13(9-14)5-7-18(22)20-16/h2-4,6,8-9H,5,7,10-11H2,1H3,(H,20,22). The monoisotopic (exact) mass is 338 g/mol. The molecule has 25 heavy (non-hydrogen) atoms. The first kappa shape index (κ1) is 15.7. The summed E-state index contributed by atoms with van der Waals surface area (Å²) in [5, 5.41) is 2.83. The molecule has 1 N–H and O–H groups in total. The van der Waals surface area contributed by atoms with Crippen LogP contribution in [0.15, 0.2) is 36.4 Å². The van der Waals surface area contributed by atoms with Gasteiger partial charge in [0.1, 0.15) is 6.61 Å². The predicted octanol–water partition coefficient (Wildman–Crippen LogP) is 2.67. The van der Waals surface area contributed by atoms with Gasteiger partial charge in [0.25, 0.3) is 5.91 Å². The minimum atomic E-state index is -0.0580. The summed E-state index contributed by atoms with van der Waals surface area (Å²) in [7, 11) is 1.77. The van der Waals surface area contributed by atoms with Crippen LogP contribution in [0.2, 0.25) is 0 Å². The van der Waals surface area contributed by atoms with E-state index in [-0.39, 0.29) is 11.8 Å². The average Bonchev–Trinajstić information content (AvgIpc) is 3.08. The fraction of sp³-hybridized carbons (Fsp3) is 0.263. The Morgan fingerprint density at radius 3 is 2.92 bits per heavy atom. The first-order valence-corrected chi connectivity index (χ1v) is 8.20. The van der Waals surface area contributed by atoms with Crippen molar-refractivity contribution < 1.29 is 19.4 Å². The second kappa shape index (κ2) is 6.22. The van der Waals surface area contributed by atoms with Crippen molar-refractivity contribution in [3.05, 3.63) is 58.7 Å². The molecule has 2 heterocycles. The van der Waals surface area contributed by atoms with Crippen molar-refractivity contribution in [2.75, 3.05) is 12.4 Å². The van der Waals surface area contributed by atoms with Crippen molar-refractivity contribution in [2.24, 2.45) is 0 Å². The summed E-state index contributed by atoms with van der Waals surface area (Å²) in [4.78, 5) is 35.9. The maximum Gasteiger partial charge on any atom is 0.253 e. The van der Waals surface area contributed by atoms with Gasteiger partial charge in [-0.05, 0) is 41.8 Å². The van der Waals surface area contributed by atoms with Crippen LogP contribution < -0.4 is 10.2 Å². The molecule has 2 aromatic carbocycles. The number of aryl methyl sites for hydroxylation is 1. The molecule has 0 aromatic heterocycles. The van der Waals surface area contributed by atoms with E-state index in [2.05, 4.69) is 5.32 Å². The largest absolute Gasteiger partial charge is 0.337 e. The Labute approximate surface area is 145 Å². The van der Waals surface area contributed by atoms with Gasteiger partial charge < -0.3 is 15.1 Å². The third-order valence-corrected chi connectivity index (χ3v) is 4.51. The summed E-state index contributed by atoms with van der Waals surface area (Å²) in [6.07, 6.45) is 1.12. The Kier molecular flexibility index (Phi) is 3.89. The van der Waals surface area contributed by atoms with Crippen LogP contribution in [0.4, 0.5) is 5.69 Å². The van der Waals surface area contributed by atoms with E-state index >= 15 is 0 Å². The van der Waals surface area contributed by atoms with E-state index in [0.717, 1.165) is 22.4 Å². The number of anilines is 1. The molecule has 2 aliphatic rings. The minimum Gasteiger partial charge on any atom is -0.337 e. The third-order valence-electron chi connectivity index (χ3n) is 4.51. The van der Waals surface area contributed by atoms with Gasteiger partial charge in [0.2, 0.25) is 5.91 Å². The molecule has 0 atom stereocenters. The van der Waals surface area contributed by atoms with Crippen LogP contribution in [0.3, 0.4) is 0 Å². The summed E-state index contributed by atoms with van der Waals surface area (Å²) in [6.45, 7) is 0.930. The van der Waals surface area contributed by atoms with Crippen LogP contribution in [-0.2, 0) is 29.3 Å². The zero-order valence-electron chi connectivity index (χ0n) is 13.9. The molecule has 6 nitrogen and oxygen atoms in total. The number of nitrogens with zero attached hydrogens (tertiary/aromatic N) is 1. The number of carbonyl (C=O) groups is 2. The van der Waals surface area contributed by atoms with Gasteiger partial charge in [-0.3, -0.25) is 9.59 Å². The lowest BCUT2D eigenvalue weighted by molar-refractivity contribution is -0.194. The second-order valence-corrected chi connectivity index (χ2v) is 6.37. The molecule has 0 aliphatic carbocycles. The fourth-order valence-electron chi connectivity index (χ4n) is 3.13. The van der Waals surface area contributed by atoms with Crippen LogP contribution >= 0.6 is 0 Å². The number of carbonyl (C=O) groups excluding carboxylic acids is 2. The zero-order chi connectivity index (χ0) is 17.4. The fourth-order valence-corrected chi connectivity index (χ4v) is 3.13. The zero-order valence-corrected chi connectivity index (χ0v) is 13.9. The van der Waals surface area contributed by atoms with Crippen molar-refractivity contribution >= 4 is 17.5 Å². The molecule has 0 fully saturated rings. The Balaban J connectivity index is 1.49. The highest BCUT2D eigenvalue weighted by atomic mass is 17.2. The first-order valence-electron chi connectivity index (χ1n) is 8.20. The normalized spacial score (nSPS) is 15.0. The SMILES string of the molecule is CN(Cc1ccc2c(c1)OOC2)C(=O)c1ccc2c(c1)CCC(=O)N2. The summed E-state index contributed by atoms with van der Waals surface area (Å²) in [5.74, 6) is 0.673. The van der Waals surface area contributed by atoms with Gasteiger partial charge in [-0.1, -0.05) is 12.1 Å². The van der Waals surface area contributed by atoms with Crippen LogP contribution in [0.5, 0.6) is 5.75 Å². The Morgan fingerprint density at radius 2 is 2.04 bits per heavy atom. The maximum absolute atomic E-state index is 12.7. The smallest absolute Gasteiger partial charge is 0.253 e. The summed E-state index contributed by atoms with van der Waals surface area (Å²) in [6, 6.07) is 11.2. The Bertz CT molecular complexity index is 862. The molecular formula is C19H18N2O4. The number of amides is 2. The third kappa shape index (κ3) is 3.08. The van der Waals surface area contributed by atoms with Gasteiger partial charge in [-0.2, -0.15) is 4.89 Å². The molecule has 0 radical (unpaired) electrons. The lowest BCUT2D eigenvalue weighted by Crippen LogP contribution is -2.27. The van der Waals surface area contributed by atoms with Crippen LogP contribution in [0.25, 0.3) is 0 Å². The Morgan fingerprint density at radius 1 is 1.16 bits per heavy atom. The van der Waals surface area contributed by atoms with Gasteiger partial charge in [0.15, 0.2) is 5.75 Å². The van der Waals surface area contributed by atoms with Crippen molar-refractivity contribution in [1.82, 2.24) is 4.90 Å². The second-order valence-electron chi connectivity index (χ2n) is 6.37. The van der Waals surface area contributed by atoms with E-state index in [1.165, 1.54) is 0 Å². The van der Waals surface area contributed by atoms with E-state index < -0.39 is 0 Å². The quantitative estimate of drug-likeness (QED) is 0.874. The maximum atomic E-state index is 12.7. The lowest BCUT2D eigenvalue weighted by atomic mass is 10.00. The van der Waals surface area contributed by atoms with E-state index in [1.54, 1.807) is 24.1 Å². The van der Waals surface area contributed by atoms with Gasteiger partial charge in [-0.15, -0.1) is 0 Å². The molecule has 0 spiro atoms. The summed E-state index contributed by atoms with van der Waals surface area (Å²) >= 11 is 0. The first-order chi connectivity index (χ1) is 12.1. The van der Waals surface area contributed by atoms with Gasteiger partial charge >= 0.3 is 0 Å². The van der Waals surface area contributed by atoms with Crippen molar-refractivity contribution in [2.45, 2.75) is 26.0 Å². The number of fused-ring (bicyclic) bond motifs is 2. The van der Waals surface area contributed by atoms with E-state index in [4.69, 9.17) is 9.78 Å². The highest BCUT2D eigenvalue weighted by molar-refractivity contribution is 5.97. The topological polar surface area (TPSA) is 67.9 Å². The number of hydrogen-bond donors (Lipinski definition) is 1. The molecule has 2 aliphatic heterocycles. The van der Waals surface area contributed by atoms with Crippen molar-refractivity contribution in [3.63, 3.8) is 0 Å². The molecule has 0 saturated carbocycles. The molecular weight excluding hydrogens is 320 g/mol. The van der Waals surface area contributed by atoms with E-state index in [1.807, 2.05) is 24.3 Å². The number of hydrogen-bond acceptors (Lipinski definition) is 4. The van der Waals surface area contributed by atoms with Crippen molar-refractivity contribution in [3.8, 4) is 5.75 Å². The minimum absolute atomic E-state index is 0.0199. The van der Waals surface area contributed by atoms with Crippen LogP contribution in [-0.4, -0.2) is 23.8 Å². The molecule has 6 heteroatoms. The number of rotatable bonds is 3. The van der Waals surface area contributed by atoms with Crippen LogP contribution in [0, 0.1) is 0 Å². The molecule has 0 unspecified atom stereocenters. The van der Waals surface area contributed by atoms with Crippen molar-refractivity contribution in [1.29, 1.82) is 0 Å². The van der Waals surface area contributed by atoms with Crippen LogP contribution in [0.1, 0.15) is 33.5 Å². The Hall–Kier alpha value is -2.86. The number of nitrogens with one attached hydrogen (secondary N) is 1. The molecule has 0 bridgehead atoms. The van der Waals surface area contributed by atoms with E-state index in [9.17, 15) is 9.59 Å². The lowest BCUT2D eigenvalue weighted by Gasteiger charge is -2.20. The van der Waals surface area contributed by atoms with E-state index in [0.29, 0.717) is 37.3 Å². The predicted molar refractivity (Wildman–Crippen MR) is 91.0 cm³/mol. The van der Waals surface area contributed by atoms with Gasteiger partial charge in [0.05, 0.1) is 0 Å². The molecule has 128 valence electrons. The average molecular weight is 338 g/mol. The molecule has 0 saturated heterocycles. The molecule has 2 amide bonds. The molecule has 4 rings (SSSR count). The summed E-state index contributed by atoms with van der Waals surface area (Å²) < 4.78 is 0. The highest BCUT2D eigenvalue weighted by Crippen LogP contribution is 2.28. The summed E-state index contributed by atoms with van der Waals surface area (Å²) in [5.41, 5.74) is 4.41. The highest BCUT2D eigenvalue weighted by Gasteiger charge is 2.19. The van der Waals surface area contributed by atoms with Gasteiger partial charge in [-0.25, -0.2) is 0 Å². The van der Waals surface area contributed by atoms with Gasteiger partial charge in [0, 0.05) is 36.8 Å². The number of benzene rings is 2. The molecule has 2 aromatic rings.